The summed E-state index contributed by atoms with van der Waals surface area (Å²) in [7, 11) is 1.42. The van der Waals surface area contributed by atoms with Gasteiger partial charge >= 0.3 is 5.97 Å². The van der Waals surface area contributed by atoms with Crippen LogP contribution in [0.1, 0.15) is 66.1 Å². The molecule has 4 aromatic rings. The van der Waals surface area contributed by atoms with Gasteiger partial charge in [0.25, 0.3) is 5.91 Å². The van der Waals surface area contributed by atoms with Gasteiger partial charge in [0.05, 0.1) is 25.0 Å². The van der Waals surface area contributed by atoms with Crippen LogP contribution in [-0.4, -0.2) is 34.1 Å². The predicted octanol–water partition coefficient (Wildman–Crippen LogP) is 4.81. The number of rotatable bonds is 7. The minimum absolute atomic E-state index is 0.0531. The molecular formula is C28H26N4O6. The summed E-state index contributed by atoms with van der Waals surface area (Å²) in [5.74, 6) is 0.390. The highest BCUT2D eigenvalue weighted by Crippen LogP contribution is 2.46. The summed E-state index contributed by atoms with van der Waals surface area (Å²) in [6.07, 6.45) is 1.40. The van der Waals surface area contributed by atoms with Crippen molar-refractivity contribution in [2.45, 2.75) is 32.7 Å². The molecule has 0 aliphatic carbocycles. The molecule has 0 saturated carbocycles. The number of para-hydroxylation sites is 2. The van der Waals surface area contributed by atoms with Crippen LogP contribution in [0.25, 0.3) is 0 Å². The third-order valence-corrected chi connectivity index (χ3v) is 6.10. The van der Waals surface area contributed by atoms with Crippen molar-refractivity contribution in [1.82, 2.24) is 20.4 Å². The first-order valence-electron chi connectivity index (χ1n) is 12.1. The lowest BCUT2D eigenvalue weighted by molar-refractivity contribution is -0.137. The van der Waals surface area contributed by atoms with Crippen LogP contribution in [0.15, 0.2) is 65.3 Å². The van der Waals surface area contributed by atoms with Gasteiger partial charge in [-0.2, -0.15) is 4.98 Å². The second-order valence-corrected chi connectivity index (χ2v) is 9.06. The number of esters is 1. The summed E-state index contributed by atoms with van der Waals surface area (Å²) in [5.41, 5.74) is 1.70. The molecule has 5 rings (SSSR count). The van der Waals surface area contributed by atoms with Crippen LogP contribution in [0.3, 0.4) is 0 Å². The van der Waals surface area contributed by atoms with Crippen LogP contribution in [0.4, 0.5) is 0 Å². The highest BCUT2D eigenvalue weighted by atomic mass is 16.6. The molecule has 2 aromatic carbocycles. The molecule has 10 nitrogen and oxygen atoms in total. The van der Waals surface area contributed by atoms with E-state index in [4.69, 9.17) is 18.7 Å². The quantitative estimate of drug-likeness (QED) is 0.304. The van der Waals surface area contributed by atoms with E-state index >= 15 is 0 Å². The molecule has 2 aromatic heterocycles. The lowest BCUT2D eigenvalue weighted by Crippen LogP contribution is -2.29. The number of benzene rings is 2. The van der Waals surface area contributed by atoms with Gasteiger partial charge < -0.3 is 24.1 Å². The van der Waals surface area contributed by atoms with Crippen molar-refractivity contribution in [1.29, 1.82) is 0 Å². The first-order chi connectivity index (χ1) is 18.4. The molecule has 0 fully saturated rings. The van der Waals surface area contributed by atoms with Crippen LogP contribution in [0, 0.1) is 5.92 Å². The molecule has 1 aliphatic rings. The summed E-state index contributed by atoms with van der Waals surface area (Å²) in [6, 6.07) is 16.2. The van der Waals surface area contributed by atoms with E-state index in [0.717, 1.165) is 11.1 Å². The number of ether oxygens (including phenoxy) is 3. The number of carbonyl (C=O) groups is 2. The fourth-order valence-corrected chi connectivity index (χ4v) is 4.12. The normalized spacial score (nSPS) is 13.2. The van der Waals surface area contributed by atoms with Crippen molar-refractivity contribution < 1.29 is 28.3 Å². The first kappa shape index (κ1) is 24.9. The maximum absolute atomic E-state index is 13.2. The van der Waals surface area contributed by atoms with E-state index in [0.29, 0.717) is 17.4 Å². The third kappa shape index (κ3) is 4.68. The van der Waals surface area contributed by atoms with E-state index in [1.165, 1.54) is 19.4 Å². The van der Waals surface area contributed by atoms with Gasteiger partial charge in [0.1, 0.15) is 11.5 Å². The fraction of sp³-hybridized carbons (Fsp3) is 0.250. The van der Waals surface area contributed by atoms with Gasteiger partial charge in [-0.1, -0.05) is 55.4 Å². The van der Waals surface area contributed by atoms with Gasteiger partial charge in [0.15, 0.2) is 17.3 Å². The Balaban J connectivity index is 1.41. The average Bonchev–Trinajstić information content (AvgIpc) is 3.41. The number of hydrogen-bond donors (Lipinski definition) is 1. The second kappa shape index (κ2) is 10.3. The van der Waals surface area contributed by atoms with Crippen LogP contribution in [0.2, 0.25) is 0 Å². The van der Waals surface area contributed by atoms with E-state index in [1.807, 2.05) is 48.5 Å². The number of fused-ring (bicyclic) bond motifs is 2. The monoisotopic (exact) mass is 514 g/mol. The molecule has 1 N–H and O–H groups in total. The van der Waals surface area contributed by atoms with Gasteiger partial charge in [-0.05, 0) is 19.1 Å². The molecule has 194 valence electrons. The molecule has 38 heavy (non-hydrogen) atoms. The molecular weight excluding hydrogens is 488 g/mol. The SMILES string of the molecule is COc1ccnc(C(=O)N[C@@H](C)c2noc(C3c4ccccc4Oc4ccccc43)n2)c1OC(=O)C(C)C. The number of carbonyl (C=O) groups excluding carboxylic acids is 2. The molecule has 1 aliphatic heterocycles. The van der Waals surface area contributed by atoms with E-state index in [9.17, 15) is 9.59 Å². The van der Waals surface area contributed by atoms with Crippen LogP contribution in [-0.2, 0) is 4.79 Å². The highest BCUT2D eigenvalue weighted by Gasteiger charge is 2.33. The summed E-state index contributed by atoms with van der Waals surface area (Å²) >= 11 is 0. The van der Waals surface area contributed by atoms with Crippen molar-refractivity contribution in [3.8, 4) is 23.0 Å². The van der Waals surface area contributed by atoms with Gasteiger partial charge in [-0.15, -0.1) is 0 Å². The first-order valence-corrected chi connectivity index (χ1v) is 12.1. The number of hydrogen-bond acceptors (Lipinski definition) is 9. The molecule has 0 saturated heterocycles. The van der Waals surface area contributed by atoms with Crippen molar-refractivity contribution in [2.24, 2.45) is 5.92 Å². The van der Waals surface area contributed by atoms with Crippen LogP contribution >= 0.6 is 0 Å². The van der Waals surface area contributed by atoms with Crippen molar-refractivity contribution in [2.75, 3.05) is 7.11 Å². The Hall–Kier alpha value is -4.73. The van der Waals surface area contributed by atoms with Gasteiger partial charge in [0, 0.05) is 23.4 Å². The molecule has 0 radical (unpaired) electrons. The predicted molar refractivity (Wildman–Crippen MR) is 135 cm³/mol. The molecule has 1 amide bonds. The minimum atomic E-state index is -0.646. The summed E-state index contributed by atoms with van der Waals surface area (Å²) in [5, 5.41) is 6.94. The van der Waals surface area contributed by atoms with Crippen LogP contribution < -0.4 is 19.5 Å². The topological polar surface area (TPSA) is 126 Å². The lowest BCUT2D eigenvalue weighted by Gasteiger charge is -2.25. The molecule has 3 heterocycles. The Morgan fingerprint density at radius 3 is 2.26 bits per heavy atom. The summed E-state index contributed by atoms with van der Waals surface area (Å²) in [6.45, 7) is 5.10. The zero-order valence-corrected chi connectivity index (χ0v) is 21.3. The van der Waals surface area contributed by atoms with E-state index in [2.05, 4.69) is 20.4 Å². The van der Waals surface area contributed by atoms with Crippen LogP contribution in [0.5, 0.6) is 23.0 Å². The summed E-state index contributed by atoms with van der Waals surface area (Å²) in [4.78, 5) is 34.2. The Kier molecular flexibility index (Phi) is 6.78. The summed E-state index contributed by atoms with van der Waals surface area (Å²) < 4.78 is 22.5. The smallest absolute Gasteiger partial charge is 0.313 e. The molecule has 0 unspecified atom stereocenters. The van der Waals surface area contributed by atoms with Crippen molar-refractivity contribution >= 4 is 11.9 Å². The van der Waals surface area contributed by atoms with Crippen molar-refractivity contribution in [3.05, 3.63) is 89.3 Å². The number of nitrogens with one attached hydrogen (secondary N) is 1. The second-order valence-electron chi connectivity index (χ2n) is 9.06. The average molecular weight is 515 g/mol. The standard InChI is InChI=1S/C28H26N4O6/c1-15(2)28(34)37-24-21(35-4)13-14-29-23(24)26(33)30-16(3)25-31-27(38-32-25)22-17-9-5-7-11-19(17)36-20-12-8-6-10-18(20)22/h5-16,22H,1-4H3,(H,30,33)/t16-/m0/s1. The Morgan fingerprint density at radius 1 is 0.974 bits per heavy atom. The number of pyridine rings is 1. The number of methoxy groups -OCH3 is 1. The Bertz CT molecular complexity index is 1450. The zero-order valence-electron chi connectivity index (χ0n) is 21.3. The van der Waals surface area contributed by atoms with E-state index in [-0.39, 0.29) is 28.9 Å². The number of aromatic nitrogens is 3. The van der Waals surface area contributed by atoms with E-state index < -0.39 is 23.8 Å². The van der Waals surface area contributed by atoms with Gasteiger partial charge in [-0.3, -0.25) is 9.59 Å². The van der Waals surface area contributed by atoms with Crippen molar-refractivity contribution in [3.63, 3.8) is 0 Å². The molecule has 0 spiro atoms. The fourth-order valence-electron chi connectivity index (χ4n) is 4.12. The molecule has 1 atom stereocenters. The number of amides is 1. The molecule has 10 heteroatoms. The Labute approximate surface area is 218 Å². The maximum Gasteiger partial charge on any atom is 0.313 e. The minimum Gasteiger partial charge on any atom is -0.493 e. The lowest BCUT2D eigenvalue weighted by atomic mass is 9.88. The largest absolute Gasteiger partial charge is 0.493 e. The van der Waals surface area contributed by atoms with Gasteiger partial charge in [-0.25, -0.2) is 4.98 Å². The van der Waals surface area contributed by atoms with E-state index in [1.54, 1.807) is 20.8 Å². The number of nitrogens with zero attached hydrogens (tertiary/aromatic N) is 3. The van der Waals surface area contributed by atoms with Gasteiger partial charge in [0.2, 0.25) is 11.6 Å². The Morgan fingerprint density at radius 2 is 1.63 bits per heavy atom. The highest BCUT2D eigenvalue weighted by molar-refractivity contribution is 5.96. The third-order valence-electron chi connectivity index (χ3n) is 6.10. The molecule has 0 bridgehead atoms. The maximum atomic E-state index is 13.2. The zero-order chi connectivity index (χ0) is 26.8.